The quantitative estimate of drug-likeness (QED) is 0.938. The number of benzene rings is 1. The molecule has 122 valence electrons. The molecule has 0 bridgehead atoms. The van der Waals surface area contributed by atoms with Crippen LogP contribution < -0.4 is 10.1 Å². The van der Waals surface area contributed by atoms with Crippen molar-refractivity contribution in [1.29, 1.82) is 0 Å². The Balaban J connectivity index is 1.55. The maximum absolute atomic E-state index is 12.5. The molecule has 0 saturated carbocycles. The van der Waals surface area contributed by atoms with Crippen LogP contribution in [0.2, 0.25) is 0 Å². The Bertz CT molecular complexity index is 629. The first-order valence-corrected chi connectivity index (χ1v) is 7.48. The van der Waals surface area contributed by atoms with Gasteiger partial charge in [-0.15, -0.1) is 0 Å². The topological polar surface area (TPSA) is 34.1 Å². The molecule has 1 aromatic carbocycles. The third kappa shape index (κ3) is 4.01. The summed E-state index contributed by atoms with van der Waals surface area (Å²) in [6, 6.07) is 10.5. The van der Waals surface area contributed by atoms with E-state index in [4.69, 9.17) is 4.74 Å². The molecule has 1 atom stereocenters. The van der Waals surface area contributed by atoms with Gasteiger partial charge in [-0.3, -0.25) is 4.98 Å². The van der Waals surface area contributed by atoms with Crippen LogP contribution >= 0.6 is 0 Å². The Morgan fingerprint density at radius 3 is 2.74 bits per heavy atom. The molecule has 1 aliphatic heterocycles. The fourth-order valence-electron chi connectivity index (χ4n) is 2.56. The number of para-hydroxylation sites is 1. The van der Waals surface area contributed by atoms with Crippen LogP contribution in [0.15, 0.2) is 42.6 Å². The van der Waals surface area contributed by atoms with Crippen molar-refractivity contribution >= 4 is 0 Å². The Labute approximate surface area is 132 Å². The molecule has 0 fully saturated rings. The first-order valence-electron chi connectivity index (χ1n) is 7.48. The zero-order valence-electron chi connectivity index (χ0n) is 12.4. The fraction of sp³-hybridized carbons (Fsp3) is 0.353. The standard InChI is InChI=1S/C17H17F3N2O/c18-17(19,20)13-6-8-14(21-9-13)10-22-15-7-5-12-3-1-2-4-16(12)23-11-15/h1-4,6,8-9,15,22H,5,7,10-11H2. The average Bonchev–Trinajstić information content (AvgIpc) is 2.75. The Morgan fingerprint density at radius 1 is 1.17 bits per heavy atom. The number of pyridine rings is 1. The van der Waals surface area contributed by atoms with Gasteiger partial charge in [-0.2, -0.15) is 13.2 Å². The van der Waals surface area contributed by atoms with E-state index in [9.17, 15) is 13.2 Å². The van der Waals surface area contributed by atoms with E-state index in [-0.39, 0.29) is 6.04 Å². The number of hydrogen-bond acceptors (Lipinski definition) is 3. The van der Waals surface area contributed by atoms with E-state index in [1.807, 2.05) is 18.2 Å². The van der Waals surface area contributed by atoms with Gasteiger partial charge in [0, 0.05) is 18.8 Å². The van der Waals surface area contributed by atoms with Gasteiger partial charge < -0.3 is 10.1 Å². The minimum atomic E-state index is -4.35. The molecule has 23 heavy (non-hydrogen) atoms. The Morgan fingerprint density at radius 2 is 2.00 bits per heavy atom. The highest BCUT2D eigenvalue weighted by atomic mass is 19.4. The number of alkyl halides is 3. The van der Waals surface area contributed by atoms with Crippen LogP contribution in [-0.4, -0.2) is 17.6 Å². The number of hydrogen-bond donors (Lipinski definition) is 1. The smallest absolute Gasteiger partial charge is 0.417 e. The molecular weight excluding hydrogens is 305 g/mol. The van der Waals surface area contributed by atoms with Gasteiger partial charge in [-0.25, -0.2) is 0 Å². The summed E-state index contributed by atoms with van der Waals surface area (Å²) in [6.07, 6.45) is -1.65. The van der Waals surface area contributed by atoms with Crippen LogP contribution in [0.3, 0.4) is 0 Å². The molecule has 6 heteroatoms. The monoisotopic (exact) mass is 322 g/mol. The molecule has 0 radical (unpaired) electrons. The fourth-order valence-corrected chi connectivity index (χ4v) is 2.56. The zero-order valence-corrected chi connectivity index (χ0v) is 12.4. The first-order chi connectivity index (χ1) is 11.0. The van der Waals surface area contributed by atoms with Crippen molar-refractivity contribution in [2.75, 3.05) is 6.61 Å². The van der Waals surface area contributed by atoms with Gasteiger partial charge in [-0.1, -0.05) is 18.2 Å². The minimum absolute atomic E-state index is 0.145. The number of halogens is 3. The predicted octanol–water partition coefficient (Wildman–Crippen LogP) is 3.58. The van der Waals surface area contributed by atoms with Crippen molar-refractivity contribution in [3.05, 3.63) is 59.4 Å². The van der Waals surface area contributed by atoms with Gasteiger partial charge in [0.1, 0.15) is 12.4 Å². The molecule has 0 saturated heterocycles. The molecule has 3 nitrogen and oxygen atoms in total. The maximum atomic E-state index is 12.5. The summed E-state index contributed by atoms with van der Waals surface area (Å²) in [5, 5.41) is 3.30. The summed E-state index contributed by atoms with van der Waals surface area (Å²) in [5.41, 5.74) is 1.04. The number of fused-ring (bicyclic) bond motifs is 1. The summed E-state index contributed by atoms with van der Waals surface area (Å²) < 4.78 is 43.3. The van der Waals surface area contributed by atoms with E-state index in [0.29, 0.717) is 18.8 Å². The van der Waals surface area contributed by atoms with Gasteiger partial charge in [0.2, 0.25) is 0 Å². The lowest BCUT2D eigenvalue weighted by Crippen LogP contribution is -2.33. The lowest BCUT2D eigenvalue weighted by molar-refractivity contribution is -0.137. The molecular formula is C17H17F3N2O. The molecule has 3 rings (SSSR count). The highest BCUT2D eigenvalue weighted by molar-refractivity contribution is 5.34. The number of rotatable bonds is 3. The second-order valence-corrected chi connectivity index (χ2v) is 5.57. The summed E-state index contributed by atoms with van der Waals surface area (Å²) in [4.78, 5) is 3.87. The van der Waals surface area contributed by atoms with E-state index in [2.05, 4.69) is 16.4 Å². The van der Waals surface area contributed by atoms with Crippen LogP contribution in [0.1, 0.15) is 23.2 Å². The zero-order chi connectivity index (χ0) is 16.3. The molecule has 2 heterocycles. The second-order valence-electron chi connectivity index (χ2n) is 5.57. The van der Waals surface area contributed by atoms with Gasteiger partial charge in [0.15, 0.2) is 0 Å². The molecule has 0 aliphatic carbocycles. The van der Waals surface area contributed by atoms with Crippen LogP contribution in [0.25, 0.3) is 0 Å². The molecule has 2 aromatic rings. The number of nitrogens with zero attached hydrogens (tertiary/aromatic N) is 1. The highest BCUT2D eigenvalue weighted by Crippen LogP contribution is 2.28. The molecule has 0 amide bonds. The normalized spacial score (nSPS) is 18.0. The van der Waals surface area contributed by atoms with Crippen molar-refractivity contribution in [1.82, 2.24) is 10.3 Å². The maximum Gasteiger partial charge on any atom is 0.417 e. The largest absolute Gasteiger partial charge is 0.492 e. The van der Waals surface area contributed by atoms with Crippen LogP contribution in [0.4, 0.5) is 13.2 Å². The first kappa shape index (κ1) is 15.8. The van der Waals surface area contributed by atoms with Crippen LogP contribution in [-0.2, 0) is 19.1 Å². The average molecular weight is 322 g/mol. The van der Waals surface area contributed by atoms with E-state index in [1.165, 1.54) is 11.6 Å². The van der Waals surface area contributed by atoms with Crippen LogP contribution in [0, 0.1) is 0 Å². The van der Waals surface area contributed by atoms with Crippen molar-refractivity contribution < 1.29 is 17.9 Å². The highest BCUT2D eigenvalue weighted by Gasteiger charge is 2.30. The van der Waals surface area contributed by atoms with Gasteiger partial charge >= 0.3 is 6.18 Å². The lowest BCUT2D eigenvalue weighted by Gasteiger charge is -2.16. The van der Waals surface area contributed by atoms with Crippen molar-refractivity contribution in [2.45, 2.75) is 31.6 Å². The molecule has 0 spiro atoms. The Kier molecular flexibility index (Phi) is 4.52. The third-order valence-electron chi connectivity index (χ3n) is 3.90. The van der Waals surface area contributed by atoms with Crippen molar-refractivity contribution in [2.24, 2.45) is 0 Å². The SMILES string of the molecule is FC(F)(F)c1ccc(CNC2CCc3ccccc3OC2)nc1. The van der Waals surface area contributed by atoms with Crippen molar-refractivity contribution in [3.63, 3.8) is 0 Å². The Hall–Kier alpha value is -2.08. The number of nitrogens with one attached hydrogen (secondary N) is 1. The molecule has 1 N–H and O–H groups in total. The summed E-state index contributed by atoms with van der Waals surface area (Å²) >= 11 is 0. The van der Waals surface area contributed by atoms with E-state index in [0.717, 1.165) is 30.9 Å². The summed E-state index contributed by atoms with van der Waals surface area (Å²) in [6.45, 7) is 0.958. The lowest BCUT2D eigenvalue weighted by atomic mass is 10.1. The minimum Gasteiger partial charge on any atom is -0.492 e. The van der Waals surface area contributed by atoms with E-state index in [1.54, 1.807) is 0 Å². The predicted molar refractivity (Wildman–Crippen MR) is 80.1 cm³/mol. The number of ether oxygens (including phenoxy) is 1. The van der Waals surface area contributed by atoms with Gasteiger partial charge in [-0.05, 0) is 36.6 Å². The van der Waals surface area contributed by atoms with Crippen LogP contribution in [0.5, 0.6) is 5.75 Å². The molecule has 1 unspecified atom stereocenters. The summed E-state index contributed by atoms with van der Waals surface area (Å²) in [5.74, 6) is 0.907. The van der Waals surface area contributed by atoms with Crippen molar-refractivity contribution in [3.8, 4) is 5.75 Å². The second kappa shape index (κ2) is 6.58. The number of aryl methyl sites for hydroxylation is 1. The molecule has 1 aliphatic rings. The summed E-state index contributed by atoms with van der Waals surface area (Å²) in [7, 11) is 0. The number of aromatic nitrogens is 1. The third-order valence-corrected chi connectivity index (χ3v) is 3.90. The molecule has 1 aromatic heterocycles. The van der Waals surface area contributed by atoms with E-state index < -0.39 is 11.7 Å². The van der Waals surface area contributed by atoms with E-state index >= 15 is 0 Å². The van der Waals surface area contributed by atoms with Gasteiger partial charge in [0.25, 0.3) is 0 Å². The van der Waals surface area contributed by atoms with Gasteiger partial charge in [0.05, 0.1) is 11.3 Å².